The zero-order valence-electron chi connectivity index (χ0n) is 8.87. The van der Waals surface area contributed by atoms with E-state index in [9.17, 15) is 9.59 Å². The minimum atomic E-state index is -0.390. The Bertz CT molecular complexity index is 473. The van der Waals surface area contributed by atoms with Gasteiger partial charge < -0.3 is 5.32 Å². The van der Waals surface area contributed by atoms with Gasteiger partial charge in [-0.05, 0) is 18.9 Å². The molecule has 1 N–H and O–H groups in total. The Kier molecular flexibility index (Phi) is 3.64. The lowest BCUT2D eigenvalue weighted by molar-refractivity contribution is -0.126. The van der Waals surface area contributed by atoms with Gasteiger partial charge in [0.2, 0.25) is 5.91 Å². The fraction of sp³-hybridized carbons (Fsp3) is 0.364. The highest BCUT2D eigenvalue weighted by atomic mass is 35.5. The van der Waals surface area contributed by atoms with Crippen LogP contribution in [0.1, 0.15) is 19.3 Å². The van der Waals surface area contributed by atoms with E-state index in [0.29, 0.717) is 5.02 Å². The summed E-state index contributed by atoms with van der Waals surface area (Å²) < 4.78 is 0. The molecule has 0 spiro atoms. The molecule has 2 rings (SSSR count). The summed E-state index contributed by atoms with van der Waals surface area (Å²) in [6.45, 7) is 0. The van der Waals surface area contributed by atoms with Crippen molar-refractivity contribution in [2.24, 2.45) is 5.92 Å². The van der Waals surface area contributed by atoms with Crippen molar-refractivity contribution in [2.75, 3.05) is 5.32 Å². The minimum absolute atomic E-state index is 0.0208. The average molecular weight is 273 g/mol. The van der Waals surface area contributed by atoms with Gasteiger partial charge in [0.15, 0.2) is 5.82 Å². The van der Waals surface area contributed by atoms with Gasteiger partial charge in [-0.3, -0.25) is 9.59 Å². The fourth-order valence-corrected chi connectivity index (χ4v) is 1.82. The zero-order chi connectivity index (χ0) is 12.4. The van der Waals surface area contributed by atoms with Gasteiger partial charge in [0.1, 0.15) is 5.78 Å². The van der Waals surface area contributed by atoms with Gasteiger partial charge in [-0.2, -0.15) is 0 Å². The number of nitrogens with one attached hydrogen (secondary N) is 1. The Morgan fingerprint density at radius 1 is 1.41 bits per heavy atom. The molecule has 6 heteroatoms. The van der Waals surface area contributed by atoms with Crippen molar-refractivity contribution in [1.82, 2.24) is 4.98 Å². The molecule has 1 amide bonds. The van der Waals surface area contributed by atoms with Crippen molar-refractivity contribution < 1.29 is 9.59 Å². The number of Topliss-reactive ketones (excluding diaryl/α,β-unsaturated/α-hetero) is 1. The maximum absolute atomic E-state index is 11.5. The van der Waals surface area contributed by atoms with Crippen molar-refractivity contribution in [3.63, 3.8) is 0 Å². The number of amides is 1. The number of carbonyl (C=O) groups excluding carboxylic acids is 2. The number of hydrogen-bond donors (Lipinski definition) is 1. The molecule has 0 bridgehead atoms. The van der Waals surface area contributed by atoms with E-state index in [-0.39, 0.29) is 29.0 Å². The van der Waals surface area contributed by atoms with Crippen molar-refractivity contribution in [1.29, 1.82) is 0 Å². The number of anilines is 1. The lowest BCUT2D eigenvalue weighted by Gasteiger charge is -2.05. The number of carbonyl (C=O) groups is 2. The second kappa shape index (κ2) is 5.02. The first-order chi connectivity index (χ1) is 8.06. The third kappa shape index (κ3) is 3.41. The Labute approximate surface area is 108 Å². The number of hydrogen-bond acceptors (Lipinski definition) is 3. The zero-order valence-corrected chi connectivity index (χ0v) is 10.4. The molecule has 0 unspecified atom stereocenters. The molecule has 1 saturated carbocycles. The topological polar surface area (TPSA) is 59.1 Å². The molecule has 4 nitrogen and oxygen atoms in total. The predicted molar refractivity (Wildman–Crippen MR) is 65.2 cm³/mol. The molecular weight excluding hydrogens is 263 g/mol. The van der Waals surface area contributed by atoms with Gasteiger partial charge in [0, 0.05) is 12.1 Å². The fourth-order valence-electron chi connectivity index (χ4n) is 1.39. The van der Waals surface area contributed by atoms with E-state index in [0.717, 1.165) is 12.8 Å². The van der Waals surface area contributed by atoms with Gasteiger partial charge in [-0.15, -0.1) is 0 Å². The number of halogens is 2. The van der Waals surface area contributed by atoms with Gasteiger partial charge in [-0.25, -0.2) is 4.98 Å². The third-order valence-corrected chi connectivity index (χ3v) is 2.93. The lowest BCUT2D eigenvalue weighted by Crippen LogP contribution is -2.18. The van der Waals surface area contributed by atoms with Crippen LogP contribution in [0, 0.1) is 5.92 Å². The maximum atomic E-state index is 11.5. The van der Waals surface area contributed by atoms with Crippen LogP contribution in [0.15, 0.2) is 12.3 Å². The molecule has 0 atom stereocenters. The molecule has 1 aliphatic carbocycles. The van der Waals surface area contributed by atoms with Crippen molar-refractivity contribution in [3.8, 4) is 0 Å². The van der Waals surface area contributed by atoms with Gasteiger partial charge in [0.25, 0.3) is 0 Å². The van der Waals surface area contributed by atoms with Crippen molar-refractivity contribution >= 4 is 40.7 Å². The monoisotopic (exact) mass is 272 g/mol. The average Bonchev–Trinajstić information content (AvgIpc) is 3.05. The molecule has 1 aromatic heterocycles. The molecule has 0 aromatic carbocycles. The Morgan fingerprint density at radius 3 is 2.71 bits per heavy atom. The Balaban J connectivity index is 1.95. The number of rotatable bonds is 4. The summed E-state index contributed by atoms with van der Waals surface area (Å²) in [4.78, 5) is 26.8. The molecule has 0 saturated heterocycles. The summed E-state index contributed by atoms with van der Waals surface area (Å²) in [5, 5.41) is 3.13. The van der Waals surface area contributed by atoms with E-state index in [1.54, 1.807) is 0 Å². The van der Waals surface area contributed by atoms with E-state index in [1.165, 1.54) is 12.3 Å². The van der Waals surface area contributed by atoms with Crippen LogP contribution in [-0.2, 0) is 9.59 Å². The Morgan fingerprint density at radius 2 is 2.12 bits per heavy atom. The van der Waals surface area contributed by atoms with Crippen molar-refractivity contribution in [2.45, 2.75) is 19.3 Å². The first-order valence-corrected chi connectivity index (χ1v) is 5.95. The largest absolute Gasteiger partial charge is 0.309 e. The summed E-state index contributed by atoms with van der Waals surface area (Å²) >= 11 is 11.5. The standard InChI is InChI=1S/C11H10Cl2N2O2/c12-7-3-8(13)11(14-5-7)15-10(17)4-9(16)6-1-2-6/h3,5-6H,1-2,4H2,(H,14,15,17). The van der Waals surface area contributed by atoms with Crippen LogP contribution < -0.4 is 5.32 Å². The van der Waals surface area contributed by atoms with Crippen LogP contribution in [0.3, 0.4) is 0 Å². The third-order valence-electron chi connectivity index (χ3n) is 2.43. The molecule has 17 heavy (non-hydrogen) atoms. The summed E-state index contributed by atoms with van der Waals surface area (Å²) in [5.41, 5.74) is 0. The highest BCUT2D eigenvalue weighted by Gasteiger charge is 2.30. The minimum Gasteiger partial charge on any atom is -0.309 e. The molecular formula is C11H10Cl2N2O2. The summed E-state index contributed by atoms with van der Waals surface area (Å²) in [6.07, 6.45) is 3.05. The quantitative estimate of drug-likeness (QED) is 0.858. The smallest absolute Gasteiger partial charge is 0.233 e. The van der Waals surface area contributed by atoms with Crippen LogP contribution in [0.2, 0.25) is 10.0 Å². The second-order valence-corrected chi connectivity index (χ2v) is 4.79. The Hall–Kier alpha value is -1.13. The molecule has 1 heterocycles. The van der Waals surface area contributed by atoms with E-state index in [1.807, 2.05) is 0 Å². The molecule has 1 fully saturated rings. The normalized spacial score (nSPS) is 14.5. The number of pyridine rings is 1. The number of ketones is 1. The number of aromatic nitrogens is 1. The van der Waals surface area contributed by atoms with Crippen LogP contribution in [0.5, 0.6) is 0 Å². The molecule has 90 valence electrons. The molecule has 1 aromatic rings. The lowest BCUT2D eigenvalue weighted by atomic mass is 10.2. The number of nitrogens with zero attached hydrogens (tertiary/aromatic N) is 1. The van der Waals surface area contributed by atoms with Crippen LogP contribution in [-0.4, -0.2) is 16.7 Å². The highest BCUT2D eigenvalue weighted by Crippen LogP contribution is 2.31. The van der Waals surface area contributed by atoms with E-state index >= 15 is 0 Å². The first kappa shape index (κ1) is 12.3. The van der Waals surface area contributed by atoms with Crippen LogP contribution in [0.4, 0.5) is 5.82 Å². The maximum Gasteiger partial charge on any atom is 0.233 e. The van der Waals surface area contributed by atoms with E-state index < -0.39 is 5.91 Å². The molecule has 0 radical (unpaired) electrons. The second-order valence-electron chi connectivity index (χ2n) is 3.95. The van der Waals surface area contributed by atoms with Gasteiger partial charge >= 0.3 is 0 Å². The SMILES string of the molecule is O=C(CC(=O)C1CC1)Nc1ncc(Cl)cc1Cl. The molecule has 0 aliphatic heterocycles. The summed E-state index contributed by atoms with van der Waals surface area (Å²) in [6, 6.07) is 1.48. The van der Waals surface area contributed by atoms with E-state index in [4.69, 9.17) is 23.2 Å². The summed E-state index contributed by atoms with van der Waals surface area (Å²) in [5.74, 6) is -0.106. The van der Waals surface area contributed by atoms with E-state index in [2.05, 4.69) is 10.3 Å². The molecule has 1 aliphatic rings. The predicted octanol–water partition coefficient (Wildman–Crippen LogP) is 2.70. The van der Waals surface area contributed by atoms with Gasteiger partial charge in [-0.1, -0.05) is 23.2 Å². The van der Waals surface area contributed by atoms with Crippen molar-refractivity contribution in [3.05, 3.63) is 22.3 Å². The highest BCUT2D eigenvalue weighted by molar-refractivity contribution is 6.36. The van der Waals surface area contributed by atoms with Crippen LogP contribution >= 0.6 is 23.2 Å². The summed E-state index contributed by atoms with van der Waals surface area (Å²) in [7, 11) is 0. The van der Waals surface area contributed by atoms with Gasteiger partial charge in [0.05, 0.1) is 16.5 Å². The first-order valence-electron chi connectivity index (χ1n) is 5.20. The van der Waals surface area contributed by atoms with Crippen LogP contribution in [0.25, 0.3) is 0 Å².